The Morgan fingerprint density at radius 1 is 1.19 bits per heavy atom. The van der Waals surface area contributed by atoms with E-state index in [0.29, 0.717) is 0 Å². The first-order valence-corrected chi connectivity index (χ1v) is 9.18. The zero-order valence-electron chi connectivity index (χ0n) is 10.4. The van der Waals surface area contributed by atoms with Crippen LogP contribution in [0.15, 0.2) is 30.3 Å². The Hall–Kier alpha value is -1.04. The fraction of sp³-hybridized carbons (Fsp3) is 0.429. The van der Waals surface area contributed by atoms with Gasteiger partial charge in [-0.2, -0.15) is 0 Å². The van der Waals surface area contributed by atoms with Crippen LogP contribution in [-0.2, 0) is 4.74 Å². The molecule has 1 nitrogen and oxygen atoms in total. The van der Waals surface area contributed by atoms with Crippen LogP contribution in [0.5, 0.6) is 0 Å². The molecule has 0 N–H and O–H groups in total. The maximum atomic E-state index is 5.73. The Labute approximate surface area is 98.8 Å². The maximum Gasteiger partial charge on any atom is 0.156 e. The van der Waals surface area contributed by atoms with Crippen LogP contribution < -0.4 is 0 Å². The third kappa shape index (κ3) is 2.55. The summed E-state index contributed by atoms with van der Waals surface area (Å²) in [4.78, 5) is 0. The molecule has 2 atom stereocenters. The van der Waals surface area contributed by atoms with Gasteiger partial charge < -0.3 is 4.74 Å². The van der Waals surface area contributed by atoms with E-state index in [0.717, 1.165) is 0 Å². The zero-order chi connectivity index (χ0) is 11.8. The molecule has 0 aliphatic carbocycles. The summed E-state index contributed by atoms with van der Waals surface area (Å²) in [6, 6.07) is 10.3. The second kappa shape index (κ2) is 3.76. The van der Waals surface area contributed by atoms with Gasteiger partial charge in [0.25, 0.3) is 0 Å². The molecule has 0 unspecified atom stereocenters. The fourth-order valence-corrected chi connectivity index (χ4v) is 2.25. The van der Waals surface area contributed by atoms with E-state index in [2.05, 4.69) is 50.2 Å². The molecule has 0 bridgehead atoms. The minimum absolute atomic E-state index is 0.164. The molecule has 0 aromatic heterocycles. The van der Waals surface area contributed by atoms with Gasteiger partial charge in [-0.1, -0.05) is 55.9 Å². The molecular weight excluding hydrogens is 212 g/mol. The number of ether oxygens (including phenoxy) is 1. The minimum atomic E-state index is -1.30. The lowest BCUT2D eigenvalue weighted by atomic mass is 10.0. The summed E-state index contributed by atoms with van der Waals surface area (Å²) in [6.45, 7) is 8.84. The van der Waals surface area contributed by atoms with Crippen LogP contribution in [0.4, 0.5) is 0 Å². The molecule has 1 aromatic rings. The van der Waals surface area contributed by atoms with Gasteiger partial charge in [0, 0.05) is 0 Å². The van der Waals surface area contributed by atoms with Gasteiger partial charge in [0.15, 0.2) is 5.60 Å². The van der Waals surface area contributed by atoms with E-state index in [9.17, 15) is 0 Å². The van der Waals surface area contributed by atoms with Crippen molar-refractivity contribution in [1.29, 1.82) is 0 Å². The van der Waals surface area contributed by atoms with Gasteiger partial charge in [-0.3, -0.25) is 0 Å². The van der Waals surface area contributed by atoms with Crippen molar-refractivity contribution in [2.45, 2.75) is 38.3 Å². The third-order valence-corrected chi connectivity index (χ3v) is 3.47. The van der Waals surface area contributed by atoms with Gasteiger partial charge in [0.2, 0.25) is 0 Å². The average molecular weight is 230 g/mol. The number of rotatable bonds is 1. The molecule has 1 saturated heterocycles. The highest BCUT2D eigenvalue weighted by molar-refractivity contribution is 6.83. The van der Waals surface area contributed by atoms with E-state index >= 15 is 0 Å². The van der Waals surface area contributed by atoms with Crippen molar-refractivity contribution in [2.24, 2.45) is 0 Å². The second-order valence-electron chi connectivity index (χ2n) is 5.52. The lowest BCUT2D eigenvalue weighted by Crippen LogP contribution is -2.18. The molecule has 2 heteroatoms. The monoisotopic (exact) mass is 230 g/mol. The van der Waals surface area contributed by atoms with Crippen LogP contribution in [0.1, 0.15) is 18.6 Å². The van der Waals surface area contributed by atoms with Crippen LogP contribution in [-0.4, -0.2) is 13.7 Å². The Balaban J connectivity index is 2.12. The van der Waals surface area contributed by atoms with Crippen LogP contribution >= 0.6 is 0 Å². The standard InChI is InChI=1S/C14H18OSi/c1-14(10-11-16(2,3)4)13(15-14)12-8-6-5-7-9-12/h5-9,13H,1-4H3/t13-,14-/m1/s1. The highest BCUT2D eigenvalue weighted by Gasteiger charge is 2.52. The van der Waals surface area contributed by atoms with Crippen molar-refractivity contribution < 1.29 is 4.74 Å². The molecule has 0 saturated carbocycles. The lowest BCUT2D eigenvalue weighted by molar-refractivity contribution is 0.351. The van der Waals surface area contributed by atoms with Gasteiger partial charge in [-0.25, -0.2) is 0 Å². The molecule has 0 amide bonds. The van der Waals surface area contributed by atoms with Crippen LogP contribution in [0.3, 0.4) is 0 Å². The number of benzene rings is 1. The van der Waals surface area contributed by atoms with Crippen LogP contribution in [0.25, 0.3) is 0 Å². The maximum absolute atomic E-state index is 5.73. The van der Waals surface area contributed by atoms with Crippen molar-refractivity contribution in [2.75, 3.05) is 0 Å². The van der Waals surface area contributed by atoms with Crippen molar-refractivity contribution in [3.8, 4) is 11.5 Å². The fourth-order valence-electron chi connectivity index (χ4n) is 1.63. The van der Waals surface area contributed by atoms with Gasteiger partial charge in [-0.15, -0.1) is 5.54 Å². The summed E-state index contributed by atoms with van der Waals surface area (Å²) >= 11 is 0. The van der Waals surface area contributed by atoms with Crippen molar-refractivity contribution in [3.05, 3.63) is 35.9 Å². The van der Waals surface area contributed by atoms with E-state index < -0.39 is 8.07 Å². The largest absolute Gasteiger partial charge is 0.348 e. The molecule has 1 fully saturated rings. The first kappa shape index (κ1) is 11.4. The van der Waals surface area contributed by atoms with Gasteiger partial charge >= 0.3 is 0 Å². The quantitative estimate of drug-likeness (QED) is 0.409. The van der Waals surface area contributed by atoms with Gasteiger partial charge in [0.05, 0.1) is 0 Å². The van der Waals surface area contributed by atoms with Crippen molar-refractivity contribution in [1.82, 2.24) is 0 Å². The zero-order valence-corrected chi connectivity index (χ0v) is 11.4. The summed E-state index contributed by atoms with van der Waals surface area (Å²) in [7, 11) is -1.30. The Morgan fingerprint density at radius 2 is 1.81 bits per heavy atom. The topological polar surface area (TPSA) is 12.5 Å². The summed E-state index contributed by atoms with van der Waals surface area (Å²) in [5, 5.41) is 0. The predicted molar refractivity (Wildman–Crippen MR) is 69.8 cm³/mol. The Bertz CT molecular complexity index is 435. The summed E-state index contributed by atoms with van der Waals surface area (Å²) in [5.41, 5.74) is 4.37. The molecule has 1 aliphatic heterocycles. The highest BCUT2D eigenvalue weighted by Crippen LogP contribution is 2.48. The molecule has 1 aliphatic rings. The van der Waals surface area contributed by atoms with E-state index in [-0.39, 0.29) is 11.7 Å². The summed E-state index contributed by atoms with van der Waals surface area (Å²) in [5.74, 6) is 3.31. The molecule has 16 heavy (non-hydrogen) atoms. The predicted octanol–water partition coefficient (Wildman–Crippen LogP) is 3.40. The molecule has 1 heterocycles. The van der Waals surface area contributed by atoms with E-state index in [1.807, 2.05) is 18.2 Å². The van der Waals surface area contributed by atoms with Gasteiger partial charge in [-0.05, 0) is 12.5 Å². The van der Waals surface area contributed by atoms with Gasteiger partial charge in [0.1, 0.15) is 14.2 Å². The molecule has 2 rings (SSSR count). The first-order chi connectivity index (χ1) is 7.41. The number of hydrogen-bond donors (Lipinski definition) is 0. The van der Waals surface area contributed by atoms with Crippen LogP contribution in [0.2, 0.25) is 19.6 Å². The molecule has 1 aromatic carbocycles. The summed E-state index contributed by atoms with van der Waals surface area (Å²) in [6.07, 6.45) is 0.164. The second-order valence-corrected chi connectivity index (χ2v) is 10.3. The number of epoxide rings is 1. The Morgan fingerprint density at radius 3 is 2.38 bits per heavy atom. The van der Waals surface area contributed by atoms with E-state index in [1.165, 1.54) is 5.56 Å². The minimum Gasteiger partial charge on any atom is -0.348 e. The molecule has 0 radical (unpaired) electrons. The molecular formula is C14H18OSi. The average Bonchev–Trinajstić information content (AvgIpc) is 2.90. The van der Waals surface area contributed by atoms with Crippen molar-refractivity contribution >= 4 is 8.07 Å². The first-order valence-electron chi connectivity index (χ1n) is 5.68. The number of hydrogen-bond acceptors (Lipinski definition) is 1. The highest BCUT2D eigenvalue weighted by atomic mass is 28.3. The summed E-state index contributed by atoms with van der Waals surface area (Å²) < 4.78 is 5.73. The normalized spacial score (nSPS) is 28.1. The molecule has 84 valence electrons. The molecule has 0 spiro atoms. The third-order valence-electron chi connectivity index (χ3n) is 2.59. The van der Waals surface area contributed by atoms with Crippen LogP contribution in [0, 0.1) is 11.5 Å². The van der Waals surface area contributed by atoms with Crippen molar-refractivity contribution in [3.63, 3.8) is 0 Å². The van der Waals surface area contributed by atoms with E-state index in [1.54, 1.807) is 0 Å². The SMILES string of the molecule is C[C@]1(C#C[Si](C)(C)C)O[C@@H]1c1ccccc1. The lowest BCUT2D eigenvalue weighted by Gasteiger charge is -2.04. The smallest absolute Gasteiger partial charge is 0.156 e. The Kier molecular flexibility index (Phi) is 2.69. The van der Waals surface area contributed by atoms with E-state index in [4.69, 9.17) is 4.74 Å².